The Labute approximate surface area is 163 Å². The summed E-state index contributed by atoms with van der Waals surface area (Å²) in [6, 6.07) is 13.8. The van der Waals surface area contributed by atoms with E-state index in [1.54, 1.807) is 0 Å². The van der Waals surface area contributed by atoms with Crippen molar-refractivity contribution in [2.45, 2.75) is 6.10 Å². The number of fused-ring (bicyclic) bond motifs is 1. The summed E-state index contributed by atoms with van der Waals surface area (Å²) in [7, 11) is 0. The Balaban J connectivity index is 1.78. The minimum atomic E-state index is -1.05. The van der Waals surface area contributed by atoms with E-state index in [1.807, 2.05) is 30.3 Å². The quantitative estimate of drug-likeness (QED) is 0.510. The van der Waals surface area contributed by atoms with Crippen LogP contribution in [0.25, 0.3) is 16.8 Å². The van der Waals surface area contributed by atoms with Crippen molar-refractivity contribution in [3.05, 3.63) is 47.5 Å². The maximum absolute atomic E-state index is 12.1. The second kappa shape index (κ2) is 9.33. The first-order chi connectivity index (χ1) is 13.6. The molecule has 28 heavy (non-hydrogen) atoms. The molecule has 0 aromatic heterocycles. The summed E-state index contributed by atoms with van der Waals surface area (Å²) in [5, 5.41) is 31.9. The highest BCUT2D eigenvalue weighted by atomic mass is 16.5. The predicted molar refractivity (Wildman–Crippen MR) is 107 cm³/mol. The average molecular weight is 381 g/mol. The van der Waals surface area contributed by atoms with Gasteiger partial charge in [-0.25, -0.2) is 0 Å². The number of nitrogens with one attached hydrogen (secondary N) is 1. The van der Waals surface area contributed by atoms with Crippen LogP contribution in [-0.2, 0) is 9.53 Å². The van der Waals surface area contributed by atoms with Crippen molar-refractivity contribution in [1.29, 1.82) is 5.26 Å². The number of aliphatic hydroxyl groups excluding tert-OH is 2. The number of rotatable bonds is 6. The molecule has 0 spiro atoms. The third kappa shape index (κ3) is 4.87. The van der Waals surface area contributed by atoms with Crippen LogP contribution < -0.4 is 10.2 Å². The highest BCUT2D eigenvalue weighted by Crippen LogP contribution is 2.24. The normalized spacial score (nSPS) is 15.9. The zero-order valence-electron chi connectivity index (χ0n) is 15.5. The zero-order valence-corrected chi connectivity index (χ0v) is 15.5. The lowest BCUT2D eigenvalue weighted by atomic mass is 10.0. The molecular formula is C21H23N3O4. The third-order valence-corrected chi connectivity index (χ3v) is 4.61. The Kier molecular flexibility index (Phi) is 6.61. The Morgan fingerprint density at radius 2 is 1.96 bits per heavy atom. The SMILES string of the molecule is N#CC(=Cc1ccc2cc(N3CCOCC3)ccc2c1)C(=O)NCC(O)CO. The molecule has 1 aliphatic heterocycles. The van der Waals surface area contributed by atoms with Crippen LogP contribution in [0.5, 0.6) is 0 Å². The van der Waals surface area contributed by atoms with Crippen molar-refractivity contribution < 1.29 is 19.7 Å². The molecule has 7 heteroatoms. The number of anilines is 1. The summed E-state index contributed by atoms with van der Waals surface area (Å²) in [5.41, 5.74) is 1.83. The van der Waals surface area contributed by atoms with E-state index in [9.17, 15) is 15.2 Å². The molecule has 0 aliphatic carbocycles. The Hall–Kier alpha value is -2.92. The molecule has 1 heterocycles. The summed E-state index contributed by atoms with van der Waals surface area (Å²) in [6.07, 6.45) is 0.459. The van der Waals surface area contributed by atoms with Gasteiger partial charge in [-0.05, 0) is 40.6 Å². The first kappa shape index (κ1) is 19.8. The minimum absolute atomic E-state index is 0.0607. The van der Waals surface area contributed by atoms with E-state index < -0.39 is 18.6 Å². The van der Waals surface area contributed by atoms with Crippen molar-refractivity contribution in [3.8, 4) is 6.07 Å². The lowest BCUT2D eigenvalue weighted by molar-refractivity contribution is -0.117. The molecule has 146 valence electrons. The fourth-order valence-electron chi connectivity index (χ4n) is 3.05. The molecular weight excluding hydrogens is 358 g/mol. The summed E-state index contributed by atoms with van der Waals surface area (Å²) >= 11 is 0. The first-order valence-corrected chi connectivity index (χ1v) is 9.16. The molecule has 1 unspecified atom stereocenters. The van der Waals surface area contributed by atoms with Gasteiger partial charge in [0.25, 0.3) is 5.91 Å². The number of ether oxygens (including phenoxy) is 1. The van der Waals surface area contributed by atoms with Crippen LogP contribution in [0.15, 0.2) is 42.0 Å². The van der Waals surface area contributed by atoms with E-state index in [2.05, 4.69) is 22.3 Å². The second-order valence-electron chi connectivity index (χ2n) is 6.61. The van der Waals surface area contributed by atoms with Crippen molar-refractivity contribution in [2.75, 3.05) is 44.4 Å². The molecule has 3 N–H and O–H groups in total. The average Bonchev–Trinajstić information content (AvgIpc) is 2.75. The number of morpholine rings is 1. The molecule has 2 aromatic rings. The van der Waals surface area contributed by atoms with Crippen LogP contribution >= 0.6 is 0 Å². The summed E-state index contributed by atoms with van der Waals surface area (Å²) in [4.78, 5) is 14.4. The van der Waals surface area contributed by atoms with Crippen LogP contribution in [0, 0.1) is 11.3 Å². The number of benzene rings is 2. The fourth-order valence-corrected chi connectivity index (χ4v) is 3.05. The van der Waals surface area contributed by atoms with E-state index in [4.69, 9.17) is 9.84 Å². The molecule has 1 aliphatic rings. The summed E-state index contributed by atoms with van der Waals surface area (Å²) in [6.45, 7) is 2.64. The van der Waals surface area contributed by atoms with Gasteiger partial charge in [-0.1, -0.05) is 18.2 Å². The van der Waals surface area contributed by atoms with Gasteiger partial charge < -0.3 is 25.2 Å². The van der Waals surface area contributed by atoms with Gasteiger partial charge in [-0.3, -0.25) is 4.79 Å². The van der Waals surface area contributed by atoms with Gasteiger partial charge in [0.2, 0.25) is 0 Å². The van der Waals surface area contributed by atoms with Crippen LogP contribution in [0.4, 0.5) is 5.69 Å². The Morgan fingerprint density at radius 3 is 2.68 bits per heavy atom. The molecule has 1 amide bonds. The molecule has 1 saturated heterocycles. The van der Waals surface area contributed by atoms with Gasteiger partial charge in [-0.2, -0.15) is 5.26 Å². The molecule has 7 nitrogen and oxygen atoms in total. The van der Waals surface area contributed by atoms with Gasteiger partial charge in [0.15, 0.2) is 0 Å². The predicted octanol–water partition coefficient (Wildman–Crippen LogP) is 1.05. The van der Waals surface area contributed by atoms with Gasteiger partial charge in [0.1, 0.15) is 11.6 Å². The number of carbonyl (C=O) groups excluding carboxylic acids is 1. The smallest absolute Gasteiger partial charge is 0.262 e. The largest absolute Gasteiger partial charge is 0.394 e. The minimum Gasteiger partial charge on any atom is -0.394 e. The van der Waals surface area contributed by atoms with Crippen LogP contribution in [-0.4, -0.2) is 61.7 Å². The number of amides is 1. The molecule has 0 radical (unpaired) electrons. The topological polar surface area (TPSA) is 106 Å². The summed E-state index contributed by atoms with van der Waals surface area (Å²) in [5.74, 6) is -0.585. The van der Waals surface area contributed by atoms with E-state index >= 15 is 0 Å². The van der Waals surface area contributed by atoms with E-state index in [1.165, 1.54) is 6.08 Å². The Bertz CT molecular complexity index is 913. The second-order valence-corrected chi connectivity index (χ2v) is 6.61. The van der Waals surface area contributed by atoms with Crippen molar-refractivity contribution in [3.63, 3.8) is 0 Å². The number of nitrogens with zero attached hydrogens (tertiary/aromatic N) is 2. The van der Waals surface area contributed by atoms with Gasteiger partial charge in [0, 0.05) is 25.3 Å². The number of aliphatic hydroxyl groups is 2. The molecule has 0 saturated carbocycles. The first-order valence-electron chi connectivity index (χ1n) is 9.16. The third-order valence-electron chi connectivity index (χ3n) is 4.61. The van der Waals surface area contributed by atoms with Gasteiger partial charge in [-0.15, -0.1) is 0 Å². The molecule has 1 atom stereocenters. The fraction of sp³-hybridized carbons (Fsp3) is 0.333. The van der Waals surface area contributed by atoms with Gasteiger partial charge >= 0.3 is 0 Å². The molecule has 3 rings (SSSR count). The standard InChI is InChI=1S/C21H23N3O4/c22-12-18(21(27)23-13-20(26)14-25)10-15-1-2-17-11-19(4-3-16(17)9-15)24-5-7-28-8-6-24/h1-4,9-11,20,25-26H,5-8,13-14H2,(H,23,27). The maximum atomic E-state index is 12.1. The van der Waals surface area contributed by atoms with Crippen LogP contribution in [0.3, 0.4) is 0 Å². The van der Waals surface area contributed by atoms with Crippen molar-refractivity contribution in [1.82, 2.24) is 5.32 Å². The van der Waals surface area contributed by atoms with Gasteiger partial charge in [0.05, 0.1) is 25.9 Å². The lowest BCUT2D eigenvalue weighted by Gasteiger charge is -2.29. The van der Waals surface area contributed by atoms with Crippen LogP contribution in [0.2, 0.25) is 0 Å². The molecule has 2 aromatic carbocycles. The lowest BCUT2D eigenvalue weighted by Crippen LogP contribution is -2.36. The maximum Gasteiger partial charge on any atom is 0.262 e. The highest BCUT2D eigenvalue weighted by Gasteiger charge is 2.13. The molecule has 0 bridgehead atoms. The monoisotopic (exact) mass is 381 g/mol. The summed E-state index contributed by atoms with van der Waals surface area (Å²) < 4.78 is 5.39. The number of hydrogen-bond acceptors (Lipinski definition) is 6. The highest BCUT2D eigenvalue weighted by molar-refractivity contribution is 6.02. The van der Waals surface area contributed by atoms with Crippen LogP contribution in [0.1, 0.15) is 5.56 Å². The van der Waals surface area contributed by atoms with E-state index in [-0.39, 0.29) is 12.1 Å². The van der Waals surface area contributed by atoms with E-state index in [0.29, 0.717) is 0 Å². The number of hydrogen-bond donors (Lipinski definition) is 3. The molecule has 1 fully saturated rings. The Morgan fingerprint density at radius 1 is 1.25 bits per heavy atom. The number of carbonyl (C=O) groups is 1. The number of nitriles is 1. The zero-order chi connectivity index (χ0) is 19.9. The van der Waals surface area contributed by atoms with Crippen molar-refractivity contribution in [2.24, 2.45) is 0 Å². The van der Waals surface area contributed by atoms with E-state index in [0.717, 1.165) is 48.3 Å². The van der Waals surface area contributed by atoms with Crippen molar-refractivity contribution >= 4 is 28.4 Å².